The van der Waals surface area contributed by atoms with Crippen molar-refractivity contribution in [1.29, 1.82) is 5.41 Å². The Labute approximate surface area is 96.4 Å². The third-order valence-corrected chi connectivity index (χ3v) is 2.22. The van der Waals surface area contributed by atoms with Crippen LogP contribution in [0.15, 0.2) is 11.8 Å². The van der Waals surface area contributed by atoms with Gasteiger partial charge in [-0.2, -0.15) is 11.8 Å². The molecule has 88 valence electrons. The summed E-state index contributed by atoms with van der Waals surface area (Å²) in [5.41, 5.74) is 12.0. The zero-order valence-corrected chi connectivity index (χ0v) is 10.3. The highest BCUT2D eigenvalue weighted by atomic mass is 32.2. The van der Waals surface area contributed by atoms with E-state index in [0.717, 1.165) is 25.1 Å². The molecule has 0 bridgehead atoms. The van der Waals surface area contributed by atoms with Crippen molar-refractivity contribution in [3.05, 3.63) is 11.8 Å². The molecule has 0 spiro atoms. The molecule has 2 atom stereocenters. The minimum absolute atomic E-state index is 0.193. The van der Waals surface area contributed by atoms with Gasteiger partial charge < -0.3 is 22.2 Å². The van der Waals surface area contributed by atoms with Crippen molar-refractivity contribution in [3.8, 4) is 0 Å². The fraction of sp³-hybridized carbons (Fsp3) is 0.700. The summed E-state index contributed by atoms with van der Waals surface area (Å²) in [6, 6.07) is 0.193. The topological polar surface area (TPSA) is 87.9 Å². The molecule has 1 fully saturated rings. The number of nitrogens with two attached hydrogens (primary N) is 2. The molecule has 1 heterocycles. The molecule has 0 aromatic heterocycles. The van der Waals surface area contributed by atoms with Gasteiger partial charge in [0.1, 0.15) is 0 Å². The predicted octanol–water partition coefficient (Wildman–Crippen LogP) is 0.395. The Kier molecular flexibility index (Phi) is 8.46. The summed E-state index contributed by atoms with van der Waals surface area (Å²) < 4.78 is 0. The zero-order chi connectivity index (χ0) is 11.7. The van der Waals surface area contributed by atoms with E-state index in [1.54, 1.807) is 11.8 Å². The third kappa shape index (κ3) is 5.81. The Hall–Kier alpha value is -0.520. The van der Waals surface area contributed by atoms with E-state index in [9.17, 15) is 0 Å². The molecule has 1 aliphatic rings. The van der Waals surface area contributed by atoms with E-state index in [0.29, 0.717) is 5.92 Å². The maximum Gasteiger partial charge on any atom is 0.0227 e. The normalized spacial score (nSPS) is 26.5. The van der Waals surface area contributed by atoms with Crippen molar-refractivity contribution < 1.29 is 0 Å². The highest BCUT2D eigenvalue weighted by molar-refractivity contribution is 7.97. The van der Waals surface area contributed by atoms with Crippen molar-refractivity contribution >= 4 is 18.0 Å². The Balaban J connectivity index is 0.000000583. The molecule has 0 aromatic carbocycles. The second-order valence-electron chi connectivity index (χ2n) is 3.57. The Bertz CT molecular complexity index is 206. The molecule has 1 aliphatic heterocycles. The number of nitrogens with one attached hydrogen (secondary N) is 2. The Morgan fingerprint density at radius 2 is 2.07 bits per heavy atom. The largest absolute Gasteiger partial charge is 0.404 e. The number of thioether (sulfide) groups is 1. The van der Waals surface area contributed by atoms with E-state index in [1.807, 2.05) is 12.5 Å². The van der Waals surface area contributed by atoms with Crippen LogP contribution in [0.3, 0.4) is 0 Å². The smallest absolute Gasteiger partial charge is 0.0227 e. The summed E-state index contributed by atoms with van der Waals surface area (Å²) >= 11 is 1.75. The van der Waals surface area contributed by atoms with Crippen molar-refractivity contribution in [3.63, 3.8) is 0 Å². The van der Waals surface area contributed by atoms with Crippen LogP contribution in [0.4, 0.5) is 0 Å². The van der Waals surface area contributed by atoms with Gasteiger partial charge in [-0.25, -0.2) is 0 Å². The van der Waals surface area contributed by atoms with Crippen molar-refractivity contribution in [1.82, 2.24) is 5.32 Å². The van der Waals surface area contributed by atoms with Gasteiger partial charge in [-0.1, -0.05) is 0 Å². The fourth-order valence-corrected chi connectivity index (χ4v) is 1.53. The van der Waals surface area contributed by atoms with E-state index < -0.39 is 0 Å². The number of hydrogen-bond acceptors (Lipinski definition) is 5. The van der Waals surface area contributed by atoms with Crippen molar-refractivity contribution in [2.75, 3.05) is 25.6 Å². The molecule has 0 amide bonds. The second-order valence-corrected chi connectivity index (χ2v) is 4.39. The SMILES string of the molecule is CSC.N=C/C(=C\N)C1CNCC(N)C1. The first-order chi connectivity index (χ1) is 7.19. The summed E-state index contributed by atoms with van der Waals surface area (Å²) in [4.78, 5) is 0. The zero-order valence-electron chi connectivity index (χ0n) is 9.49. The third-order valence-electron chi connectivity index (χ3n) is 2.22. The minimum atomic E-state index is 0.193. The Morgan fingerprint density at radius 3 is 2.47 bits per heavy atom. The summed E-state index contributed by atoms with van der Waals surface area (Å²) in [6.07, 6.45) is 7.81. The van der Waals surface area contributed by atoms with Crippen molar-refractivity contribution in [2.45, 2.75) is 12.5 Å². The molecule has 0 aliphatic carbocycles. The summed E-state index contributed by atoms with van der Waals surface area (Å²) in [5.74, 6) is 0.316. The lowest BCUT2D eigenvalue weighted by molar-refractivity contribution is 0.385. The molecule has 1 saturated heterocycles. The Morgan fingerprint density at radius 1 is 1.47 bits per heavy atom. The van der Waals surface area contributed by atoms with E-state index in [4.69, 9.17) is 16.9 Å². The van der Waals surface area contributed by atoms with Gasteiger partial charge in [-0.15, -0.1) is 0 Å². The molecule has 5 heteroatoms. The van der Waals surface area contributed by atoms with E-state index in [1.165, 1.54) is 12.4 Å². The van der Waals surface area contributed by atoms with Crippen LogP contribution >= 0.6 is 11.8 Å². The number of rotatable bonds is 2. The first kappa shape index (κ1) is 14.5. The van der Waals surface area contributed by atoms with Crippen LogP contribution in [-0.4, -0.2) is 37.9 Å². The molecule has 2 unspecified atom stereocenters. The molecule has 4 nitrogen and oxygen atoms in total. The molecule has 0 radical (unpaired) electrons. The van der Waals surface area contributed by atoms with Crippen molar-refractivity contribution in [2.24, 2.45) is 17.4 Å². The average Bonchev–Trinajstić information content (AvgIpc) is 2.21. The number of hydrogen-bond donors (Lipinski definition) is 4. The molecule has 0 aromatic rings. The van der Waals surface area contributed by atoms with Crippen LogP contribution < -0.4 is 16.8 Å². The van der Waals surface area contributed by atoms with E-state index in [2.05, 4.69) is 5.32 Å². The van der Waals surface area contributed by atoms with Crippen LogP contribution in [0.5, 0.6) is 0 Å². The number of piperidine rings is 1. The maximum atomic E-state index is 7.12. The molecular formula is C10H22N4S. The van der Waals surface area contributed by atoms with Crippen LogP contribution in [-0.2, 0) is 0 Å². The molecule has 6 N–H and O–H groups in total. The highest BCUT2D eigenvalue weighted by Gasteiger charge is 2.20. The van der Waals surface area contributed by atoms with E-state index in [-0.39, 0.29) is 6.04 Å². The molecule has 1 rings (SSSR count). The van der Waals surface area contributed by atoms with Crippen LogP contribution in [0.2, 0.25) is 0 Å². The molecule has 15 heavy (non-hydrogen) atoms. The summed E-state index contributed by atoms with van der Waals surface area (Å²) in [6.45, 7) is 1.75. The first-order valence-electron chi connectivity index (χ1n) is 4.98. The minimum Gasteiger partial charge on any atom is -0.404 e. The van der Waals surface area contributed by atoms with Gasteiger partial charge in [0.2, 0.25) is 0 Å². The second kappa shape index (κ2) is 8.76. The van der Waals surface area contributed by atoms with Gasteiger partial charge in [0.05, 0.1) is 0 Å². The van der Waals surface area contributed by atoms with Gasteiger partial charge in [-0.05, 0) is 30.7 Å². The first-order valence-corrected chi connectivity index (χ1v) is 6.61. The van der Waals surface area contributed by atoms with Crippen LogP contribution in [0, 0.1) is 11.3 Å². The van der Waals surface area contributed by atoms with E-state index >= 15 is 0 Å². The highest BCUT2D eigenvalue weighted by Crippen LogP contribution is 2.16. The standard InChI is InChI=1S/C8H16N4.C2H6S/c9-2-7(3-10)6-1-8(11)5-12-4-6;1-3-2/h2-3,6,8-9,12H,1,4-5,10-11H2;1-2H3/b7-3+,9-2?;. The van der Waals surface area contributed by atoms with Gasteiger partial charge >= 0.3 is 0 Å². The molecular weight excluding hydrogens is 208 g/mol. The lowest BCUT2D eigenvalue weighted by Gasteiger charge is -2.27. The summed E-state index contributed by atoms with van der Waals surface area (Å²) in [5, 5.41) is 10.3. The molecule has 0 saturated carbocycles. The van der Waals surface area contributed by atoms with Gasteiger partial charge in [0.15, 0.2) is 0 Å². The van der Waals surface area contributed by atoms with Gasteiger partial charge in [0, 0.05) is 31.3 Å². The summed E-state index contributed by atoms with van der Waals surface area (Å²) in [7, 11) is 0. The fourth-order valence-electron chi connectivity index (χ4n) is 1.53. The average molecular weight is 230 g/mol. The van der Waals surface area contributed by atoms with Crippen LogP contribution in [0.1, 0.15) is 6.42 Å². The lowest BCUT2D eigenvalue weighted by Crippen LogP contribution is -2.44. The predicted molar refractivity (Wildman–Crippen MR) is 69.4 cm³/mol. The maximum absolute atomic E-state index is 7.12. The van der Waals surface area contributed by atoms with Gasteiger partial charge in [0.25, 0.3) is 0 Å². The van der Waals surface area contributed by atoms with Gasteiger partial charge in [-0.3, -0.25) is 0 Å². The van der Waals surface area contributed by atoms with Crippen LogP contribution in [0.25, 0.3) is 0 Å². The lowest BCUT2D eigenvalue weighted by atomic mass is 9.90. The quantitative estimate of drug-likeness (QED) is 0.517. The monoisotopic (exact) mass is 230 g/mol.